The first-order valence-corrected chi connectivity index (χ1v) is 12.7. The fourth-order valence-electron chi connectivity index (χ4n) is 4.45. The van der Waals surface area contributed by atoms with Crippen LogP contribution in [0.5, 0.6) is 11.5 Å². The Balaban J connectivity index is 1.69. The molecule has 6 nitrogen and oxygen atoms in total. The number of aliphatic hydroxyl groups is 1. The Labute approximate surface area is 215 Å². The van der Waals surface area contributed by atoms with Crippen molar-refractivity contribution in [2.45, 2.75) is 38.6 Å². The summed E-state index contributed by atoms with van der Waals surface area (Å²) in [4.78, 5) is 28.8. The maximum Gasteiger partial charge on any atom is 0.290 e. The molecule has 0 fully saturated rings. The van der Waals surface area contributed by atoms with E-state index in [-0.39, 0.29) is 16.8 Å². The molecule has 1 aromatic heterocycles. The average molecular weight is 506 g/mol. The number of carbonyl (C=O) groups is 2. The van der Waals surface area contributed by atoms with E-state index in [1.165, 1.54) is 11.3 Å². The van der Waals surface area contributed by atoms with Gasteiger partial charge in [-0.3, -0.25) is 9.59 Å². The van der Waals surface area contributed by atoms with Gasteiger partial charge in [-0.25, -0.2) is 0 Å². The van der Waals surface area contributed by atoms with E-state index in [1.54, 1.807) is 31.3 Å². The van der Waals surface area contributed by atoms with E-state index in [2.05, 4.69) is 20.8 Å². The van der Waals surface area contributed by atoms with Crippen LogP contribution >= 0.6 is 11.3 Å². The van der Waals surface area contributed by atoms with Gasteiger partial charge >= 0.3 is 0 Å². The molecule has 0 unspecified atom stereocenters. The maximum atomic E-state index is 13.4. The molecule has 7 heteroatoms. The van der Waals surface area contributed by atoms with Crippen molar-refractivity contribution < 1.29 is 24.2 Å². The minimum atomic E-state index is -0.679. The topological polar surface area (TPSA) is 76.1 Å². The van der Waals surface area contributed by atoms with Crippen LogP contribution in [0, 0.1) is 0 Å². The van der Waals surface area contributed by atoms with E-state index >= 15 is 0 Å². The zero-order chi connectivity index (χ0) is 26.0. The first kappa shape index (κ1) is 25.5. The van der Waals surface area contributed by atoms with Gasteiger partial charge in [-0.05, 0) is 52.1 Å². The summed E-state index contributed by atoms with van der Waals surface area (Å²) in [6.07, 6.45) is 0.510. The fourth-order valence-corrected chi connectivity index (χ4v) is 5.13. The number of aliphatic hydroxyl groups excluding tert-OH is 1. The molecule has 4 rings (SSSR count). The number of nitrogens with zero attached hydrogens (tertiary/aromatic N) is 1. The number of methoxy groups -OCH3 is 2. The largest absolute Gasteiger partial charge is 0.503 e. The summed E-state index contributed by atoms with van der Waals surface area (Å²) >= 11 is 1.29. The summed E-state index contributed by atoms with van der Waals surface area (Å²) in [6, 6.07) is 16.4. The van der Waals surface area contributed by atoms with E-state index in [4.69, 9.17) is 9.47 Å². The average Bonchev–Trinajstić information content (AvgIpc) is 3.49. The summed E-state index contributed by atoms with van der Waals surface area (Å²) in [5.41, 5.74) is 2.96. The lowest BCUT2D eigenvalue weighted by atomic mass is 9.85. The predicted octanol–water partition coefficient (Wildman–Crippen LogP) is 5.88. The van der Waals surface area contributed by atoms with E-state index in [0.717, 1.165) is 16.7 Å². The molecule has 1 N–H and O–H groups in total. The highest BCUT2D eigenvalue weighted by atomic mass is 32.1. The third-order valence-corrected chi connectivity index (χ3v) is 7.34. The molecule has 0 spiro atoms. The number of thiophene rings is 1. The van der Waals surface area contributed by atoms with Crippen LogP contribution in [0.3, 0.4) is 0 Å². The third-order valence-electron chi connectivity index (χ3n) is 6.48. The van der Waals surface area contributed by atoms with Crippen LogP contribution in [0.15, 0.2) is 71.3 Å². The van der Waals surface area contributed by atoms with Gasteiger partial charge in [0.05, 0.1) is 30.7 Å². The second kappa shape index (κ2) is 10.2. The Morgan fingerprint density at radius 1 is 1.03 bits per heavy atom. The summed E-state index contributed by atoms with van der Waals surface area (Å²) in [5.74, 6) is -0.120. The second-order valence-corrected chi connectivity index (χ2v) is 10.7. The zero-order valence-corrected chi connectivity index (χ0v) is 22.0. The first-order valence-electron chi connectivity index (χ1n) is 11.8. The van der Waals surface area contributed by atoms with Crippen LogP contribution in [-0.2, 0) is 16.6 Å². The Morgan fingerprint density at radius 2 is 1.72 bits per heavy atom. The number of amides is 1. The van der Waals surface area contributed by atoms with Gasteiger partial charge < -0.3 is 19.5 Å². The molecule has 1 aliphatic heterocycles. The number of ether oxygens (including phenoxy) is 2. The first-order chi connectivity index (χ1) is 17.2. The summed E-state index contributed by atoms with van der Waals surface area (Å²) < 4.78 is 10.7. The summed E-state index contributed by atoms with van der Waals surface area (Å²) in [7, 11) is 3.16. The Bertz CT molecular complexity index is 1290. The van der Waals surface area contributed by atoms with Crippen molar-refractivity contribution >= 4 is 23.0 Å². The van der Waals surface area contributed by atoms with Crippen LogP contribution in [0.25, 0.3) is 0 Å². The Hall–Kier alpha value is -3.58. The molecule has 0 bridgehead atoms. The van der Waals surface area contributed by atoms with Crippen molar-refractivity contribution in [3.05, 3.63) is 92.9 Å². The molecule has 188 valence electrons. The van der Waals surface area contributed by atoms with Crippen LogP contribution in [0.4, 0.5) is 0 Å². The van der Waals surface area contributed by atoms with Crippen LogP contribution in [-0.4, -0.2) is 42.5 Å². The number of ketones is 1. The molecule has 1 atom stereocenters. The number of rotatable bonds is 8. The maximum absolute atomic E-state index is 13.4. The molecule has 1 aliphatic rings. The minimum absolute atomic E-state index is 0.0370. The lowest BCUT2D eigenvalue weighted by molar-refractivity contribution is -0.129. The number of benzene rings is 2. The number of hydrogen-bond donors (Lipinski definition) is 1. The zero-order valence-electron chi connectivity index (χ0n) is 21.2. The fraction of sp³-hybridized carbons (Fsp3) is 0.310. The summed E-state index contributed by atoms with van der Waals surface area (Å²) in [6.45, 7) is 6.71. The van der Waals surface area contributed by atoms with E-state index < -0.39 is 17.7 Å². The SMILES string of the molecule is COc1ccc(CCN2C(=O)C(O)=C(C(=O)c3cccs3)[C@@H]2c2ccc(C(C)(C)C)cc2)cc1OC. The molecular formula is C29H31NO5S. The Morgan fingerprint density at radius 3 is 2.31 bits per heavy atom. The molecule has 2 aromatic carbocycles. The third kappa shape index (κ3) is 4.88. The van der Waals surface area contributed by atoms with Crippen molar-refractivity contribution in [2.75, 3.05) is 20.8 Å². The number of hydrogen-bond acceptors (Lipinski definition) is 6. The van der Waals surface area contributed by atoms with Gasteiger partial charge in [0.15, 0.2) is 17.3 Å². The smallest absolute Gasteiger partial charge is 0.290 e. The van der Waals surface area contributed by atoms with Crippen molar-refractivity contribution in [3.8, 4) is 11.5 Å². The highest BCUT2D eigenvalue weighted by Gasteiger charge is 2.43. The highest BCUT2D eigenvalue weighted by molar-refractivity contribution is 7.12. The monoisotopic (exact) mass is 505 g/mol. The molecule has 36 heavy (non-hydrogen) atoms. The van der Waals surface area contributed by atoms with Crippen molar-refractivity contribution in [2.24, 2.45) is 0 Å². The van der Waals surface area contributed by atoms with Gasteiger partial charge in [0.2, 0.25) is 5.78 Å². The normalized spacial score (nSPS) is 16.0. The van der Waals surface area contributed by atoms with Gasteiger partial charge in [-0.2, -0.15) is 0 Å². The number of Topliss-reactive ketones (excluding diaryl/α,β-unsaturated/α-hetero) is 1. The molecular weight excluding hydrogens is 474 g/mol. The lowest BCUT2D eigenvalue weighted by Gasteiger charge is -2.28. The van der Waals surface area contributed by atoms with Crippen LogP contribution in [0.1, 0.15) is 53.2 Å². The molecule has 3 aromatic rings. The lowest BCUT2D eigenvalue weighted by Crippen LogP contribution is -2.33. The van der Waals surface area contributed by atoms with Crippen LogP contribution in [0.2, 0.25) is 0 Å². The quantitative estimate of drug-likeness (QED) is 0.387. The van der Waals surface area contributed by atoms with Crippen LogP contribution < -0.4 is 9.47 Å². The van der Waals surface area contributed by atoms with Gasteiger partial charge in [0.1, 0.15) is 0 Å². The van der Waals surface area contributed by atoms with Gasteiger partial charge in [-0.1, -0.05) is 57.2 Å². The number of carbonyl (C=O) groups excluding carboxylic acids is 2. The Kier molecular flexibility index (Phi) is 7.22. The molecule has 1 amide bonds. The van der Waals surface area contributed by atoms with Crippen molar-refractivity contribution in [1.82, 2.24) is 4.90 Å². The molecule has 0 saturated heterocycles. The second-order valence-electron chi connectivity index (χ2n) is 9.78. The standard InChI is InChI=1S/C29H31NO5S/c1-29(2,3)20-11-9-19(10-12-20)25-24(26(31)23-7-6-16-36-23)27(32)28(33)30(25)15-14-18-8-13-21(34-4)22(17-18)35-5/h6-13,16-17,25,32H,14-15H2,1-5H3/t25-/m0/s1. The highest BCUT2D eigenvalue weighted by Crippen LogP contribution is 2.40. The molecule has 2 heterocycles. The van der Waals surface area contributed by atoms with Gasteiger partial charge in [0.25, 0.3) is 5.91 Å². The summed E-state index contributed by atoms with van der Waals surface area (Å²) in [5, 5.41) is 12.7. The predicted molar refractivity (Wildman–Crippen MR) is 141 cm³/mol. The molecule has 0 saturated carbocycles. The van der Waals surface area contributed by atoms with Gasteiger partial charge in [0, 0.05) is 6.54 Å². The van der Waals surface area contributed by atoms with E-state index in [0.29, 0.717) is 29.3 Å². The molecule has 0 radical (unpaired) electrons. The minimum Gasteiger partial charge on any atom is -0.503 e. The van der Waals surface area contributed by atoms with Gasteiger partial charge in [-0.15, -0.1) is 11.3 Å². The van der Waals surface area contributed by atoms with E-state index in [9.17, 15) is 14.7 Å². The van der Waals surface area contributed by atoms with Crippen molar-refractivity contribution in [1.29, 1.82) is 0 Å². The van der Waals surface area contributed by atoms with E-state index in [1.807, 2.05) is 47.8 Å². The molecule has 0 aliphatic carbocycles. The van der Waals surface area contributed by atoms with Crippen molar-refractivity contribution in [3.63, 3.8) is 0 Å².